The lowest BCUT2D eigenvalue weighted by atomic mass is 10.1. The van der Waals surface area contributed by atoms with Crippen molar-refractivity contribution in [3.63, 3.8) is 0 Å². The topological polar surface area (TPSA) is 123 Å². The van der Waals surface area contributed by atoms with Gasteiger partial charge in [-0.3, -0.25) is 9.59 Å². The highest BCUT2D eigenvalue weighted by Crippen LogP contribution is 2.31. The van der Waals surface area contributed by atoms with E-state index in [1.807, 2.05) is 60.1 Å². The van der Waals surface area contributed by atoms with E-state index in [9.17, 15) is 9.59 Å². The Kier molecular flexibility index (Phi) is 9.16. The molecule has 5 aromatic rings. The lowest BCUT2D eigenvalue weighted by Gasteiger charge is -2.14. The van der Waals surface area contributed by atoms with Crippen molar-refractivity contribution in [3.8, 4) is 17.3 Å². The van der Waals surface area contributed by atoms with Gasteiger partial charge in [0.15, 0.2) is 0 Å². The fourth-order valence-electron chi connectivity index (χ4n) is 4.56. The molecule has 0 atom stereocenters. The number of carbonyl (C=O) groups excluding carboxylic acids is 2. The van der Waals surface area contributed by atoms with Crippen LogP contribution >= 0.6 is 0 Å². The first-order valence-corrected chi connectivity index (χ1v) is 13.8. The van der Waals surface area contributed by atoms with Crippen molar-refractivity contribution in [1.29, 1.82) is 0 Å². The van der Waals surface area contributed by atoms with E-state index in [4.69, 9.17) is 14.5 Å². The van der Waals surface area contributed by atoms with Crippen molar-refractivity contribution < 1.29 is 19.1 Å². The van der Waals surface area contributed by atoms with Gasteiger partial charge in [-0.05, 0) is 74.8 Å². The zero-order valence-corrected chi connectivity index (χ0v) is 24.9. The van der Waals surface area contributed by atoms with Crippen LogP contribution in [0.25, 0.3) is 16.7 Å². The summed E-state index contributed by atoms with van der Waals surface area (Å²) >= 11 is 0. The number of benzene rings is 3. The Balaban J connectivity index is 1.32. The number of ether oxygens (including phenoxy) is 2. The maximum atomic E-state index is 13.2. The molecule has 0 spiro atoms. The first kappa shape index (κ1) is 29.8. The smallest absolute Gasteiger partial charge is 0.255 e. The lowest BCUT2D eigenvalue weighted by Crippen LogP contribution is -2.15. The van der Waals surface area contributed by atoms with Gasteiger partial charge < -0.3 is 34.9 Å². The van der Waals surface area contributed by atoms with E-state index in [2.05, 4.69) is 20.9 Å². The summed E-state index contributed by atoms with van der Waals surface area (Å²) in [6.07, 6.45) is 6.84. The molecular formula is C33H33N7O4. The molecule has 0 saturated heterocycles. The van der Waals surface area contributed by atoms with Crippen LogP contribution < -0.4 is 25.4 Å². The SMILES string of the molecule is COc1ccc(Nc2nccc(-n3ccc4c(OC)cccc43)n2)cc1NC(=O)c1cccc(NC(=O)C=CCN(C)C)c1. The minimum Gasteiger partial charge on any atom is -0.496 e. The molecule has 5 rings (SSSR count). The number of likely N-dealkylation sites (N-methyl/N-ethyl adjacent to an activating group) is 1. The molecule has 0 aliphatic carbocycles. The molecule has 3 aromatic carbocycles. The van der Waals surface area contributed by atoms with Gasteiger partial charge in [-0.1, -0.05) is 18.2 Å². The Hall–Kier alpha value is -5.68. The van der Waals surface area contributed by atoms with Crippen LogP contribution in [0.5, 0.6) is 11.5 Å². The molecule has 0 aliphatic heterocycles. The van der Waals surface area contributed by atoms with Crippen molar-refractivity contribution in [2.24, 2.45) is 0 Å². The average Bonchev–Trinajstić information content (AvgIpc) is 3.46. The van der Waals surface area contributed by atoms with Gasteiger partial charge in [0.1, 0.15) is 17.3 Å². The molecule has 0 radical (unpaired) electrons. The predicted octanol–water partition coefficient (Wildman–Crippen LogP) is 5.49. The molecule has 11 heteroatoms. The van der Waals surface area contributed by atoms with E-state index in [0.717, 1.165) is 16.7 Å². The van der Waals surface area contributed by atoms with Gasteiger partial charge >= 0.3 is 0 Å². The lowest BCUT2D eigenvalue weighted by molar-refractivity contribution is -0.111. The average molecular weight is 592 g/mol. The number of fused-ring (bicyclic) bond motifs is 1. The summed E-state index contributed by atoms with van der Waals surface area (Å²) in [7, 11) is 7.01. The third-order valence-electron chi connectivity index (χ3n) is 6.64. The van der Waals surface area contributed by atoms with Crippen molar-refractivity contribution >= 4 is 45.7 Å². The molecular weight excluding hydrogens is 558 g/mol. The Morgan fingerprint density at radius 2 is 1.73 bits per heavy atom. The summed E-state index contributed by atoms with van der Waals surface area (Å²) in [6, 6.07) is 21.6. The zero-order chi connectivity index (χ0) is 31.1. The largest absolute Gasteiger partial charge is 0.496 e. The van der Waals surface area contributed by atoms with Crippen molar-refractivity contribution in [2.75, 3.05) is 50.8 Å². The quantitative estimate of drug-likeness (QED) is 0.172. The number of methoxy groups -OCH3 is 2. The van der Waals surface area contributed by atoms with Gasteiger partial charge in [-0.2, -0.15) is 4.98 Å². The van der Waals surface area contributed by atoms with Crippen molar-refractivity contribution in [1.82, 2.24) is 19.4 Å². The number of amides is 2. The Morgan fingerprint density at radius 3 is 2.52 bits per heavy atom. The molecule has 2 aromatic heterocycles. The normalized spacial score (nSPS) is 11.1. The highest BCUT2D eigenvalue weighted by atomic mass is 16.5. The molecule has 2 heterocycles. The van der Waals surface area contributed by atoms with E-state index in [-0.39, 0.29) is 11.8 Å². The van der Waals surface area contributed by atoms with Gasteiger partial charge in [-0.15, -0.1) is 0 Å². The molecule has 0 aliphatic rings. The summed E-state index contributed by atoms with van der Waals surface area (Å²) in [6.45, 7) is 0.642. The van der Waals surface area contributed by atoms with Crippen LogP contribution in [0.3, 0.4) is 0 Å². The Labute approximate surface area is 255 Å². The van der Waals surface area contributed by atoms with E-state index in [1.54, 1.807) is 61.8 Å². The Bertz CT molecular complexity index is 1830. The molecule has 0 bridgehead atoms. The van der Waals surface area contributed by atoms with Crippen LogP contribution in [0.4, 0.5) is 23.0 Å². The zero-order valence-electron chi connectivity index (χ0n) is 24.9. The maximum Gasteiger partial charge on any atom is 0.255 e. The second-order valence-electron chi connectivity index (χ2n) is 10.0. The van der Waals surface area contributed by atoms with E-state index in [1.165, 1.54) is 13.2 Å². The van der Waals surface area contributed by atoms with E-state index in [0.29, 0.717) is 46.7 Å². The van der Waals surface area contributed by atoms with Crippen LogP contribution in [0.1, 0.15) is 10.4 Å². The highest BCUT2D eigenvalue weighted by Gasteiger charge is 2.14. The minimum absolute atomic E-state index is 0.277. The molecule has 11 nitrogen and oxygen atoms in total. The number of anilines is 4. The predicted molar refractivity (Wildman–Crippen MR) is 172 cm³/mol. The number of hydrogen-bond acceptors (Lipinski definition) is 8. The van der Waals surface area contributed by atoms with Crippen LogP contribution in [-0.4, -0.2) is 66.1 Å². The van der Waals surface area contributed by atoms with Crippen LogP contribution in [0.15, 0.2) is 97.3 Å². The molecule has 0 saturated carbocycles. The summed E-state index contributed by atoms with van der Waals surface area (Å²) in [5.41, 5.74) is 2.91. The Morgan fingerprint density at radius 1 is 0.909 bits per heavy atom. The molecule has 44 heavy (non-hydrogen) atoms. The van der Waals surface area contributed by atoms with Crippen LogP contribution in [0, 0.1) is 0 Å². The van der Waals surface area contributed by atoms with Gasteiger partial charge in [0, 0.05) is 47.3 Å². The number of nitrogens with one attached hydrogen (secondary N) is 3. The highest BCUT2D eigenvalue weighted by molar-refractivity contribution is 6.07. The fraction of sp³-hybridized carbons (Fsp3) is 0.152. The number of nitrogens with zero attached hydrogens (tertiary/aromatic N) is 4. The van der Waals surface area contributed by atoms with Gasteiger partial charge in [0.05, 0.1) is 25.4 Å². The first-order valence-electron chi connectivity index (χ1n) is 13.8. The van der Waals surface area contributed by atoms with E-state index >= 15 is 0 Å². The third kappa shape index (κ3) is 7.02. The van der Waals surface area contributed by atoms with Crippen molar-refractivity contribution in [2.45, 2.75) is 0 Å². The summed E-state index contributed by atoms with van der Waals surface area (Å²) < 4.78 is 12.9. The van der Waals surface area contributed by atoms with Gasteiger partial charge in [0.2, 0.25) is 11.9 Å². The maximum absolute atomic E-state index is 13.2. The van der Waals surface area contributed by atoms with Gasteiger partial charge in [0.25, 0.3) is 5.91 Å². The monoisotopic (exact) mass is 591 g/mol. The third-order valence-corrected chi connectivity index (χ3v) is 6.64. The summed E-state index contributed by atoms with van der Waals surface area (Å²) in [5, 5.41) is 9.87. The minimum atomic E-state index is -0.368. The van der Waals surface area contributed by atoms with Crippen LogP contribution in [-0.2, 0) is 4.79 Å². The molecule has 0 unspecified atom stereocenters. The second kappa shape index (κ2) is 13.5. The molecule has 2 amide bonds. The number of rotatable bonds is 11. The van der Waals surface area contributed by atoms with Crippen molar-refractivity contribution in [3.05, 3.63) is 103 Å². The number of aromatic nitrogens is 3. The first-order chi connectivity index (χ1) is 21.3. The number of hydrogen-bond donors (Lipinski definition) is 3. The second-order valence-corrected chi connectivity index (χ2v) is 10.0. The fourth-order valence-corrected chi connectivity index (χ4v) is 4.56. The van der Waals surface area contributed by atoms with Gasteiger partial charge in [-0.25, -0.2) is 4.98 Å². The molecule has 3 N–H and O–H groups in total. The standard InChI is InChI=1S/C33H33N7O4/c1-39(2)18-7-12-31(41)35-23-9-5-8-22(20-23)32(42)37-26-21-24(13-14-29(26)44-4)36-33-34-17-15-30(38-33)40-19-16-25-27(40)10-6-11-28(25)43-3/h5-17,19-21H,18H2,1-4H3,(H,35,41)(H,37,42)(H,34,36,38). The number of carbonyl (C=O) groups is 2. The molecule has 224 valence electrons. The molecule has 0 fully saturated rings. The summed E-state index contributed by atoms with van der Waals surface area (Å²) in [5.74, 6) is 1.66. The van der Waals surface area contributed by atoms with Crippen LogP contribution in [0.2, 0.25) is 0 Å². The summed E-state index contributed by atoms with van der Waals surface area (Å²) in [4.78, 5) is 36.5. The van der Waals surface area contributed by atoms with E-state index < -0.39 is 0 Å².